The Bertz CT molecular complexity index is 860. The molecule has 134 valence electrons. The first-order valence-electron chi connectivity index (χ1n) is 7.89. The lowest BCUT2D eigenvalue weighted by Gasteiger charge is -2.08. The number of amides is 1. The minimum absolute atomic E-state index is 0.00283. The average Bonchev–Trinajstić information content (AvgIpc) is 2.61. The van der Waals surface area contributed by atoms with E-state index in [0.29, 0.717) is 11.3 Å². The topological polar surface area (TPSA) is 93.8 Å². The Morgan fingerprint density at radius 3 is 2.77 bits per heavy atom. The summed E-state index contributed by atoms with van der Waals surface area (Å²) in [6.07, 6.45) is 4.39. The Hall–Kier alpha value is -3.48. The molecular formula is C19H19N3O4. The molecule has 2 rings (SSSR count). The van der Waals surface area contributed by atoms with Crippen molar-refractivity contribution in [2.45, 2.75) is 13.8 Å². The van der Waals surface area contributed by atoms with Gasteiger partial charge < -0.3 is 4.74 Å². The van der Waals surface area contributed by atoms with E-state index in [4.69, 9.17) is 4.74 Å². The van der Waals surface area contributed by atoms with Crippen LogP contribution in [0.4, 0.5) is 5.69 Å². The fourth-order valence-electron chi connectivity index (χ4n) is 2.23. The smallest absolute Gasteiger partial charge is 0.277 e. The predicted octanol–water partition coefficient (Wildman–Crippen LogP) is 3.41. The Kier molecular flexibility index (Phi) is 6.61. The number of carbonyl (C=O) groups excluding carboxylic acids is 1. The van der Waals surface area contributed by atoms with Crippen molar-refractivity contribution in [3.8, 4) is 5.75 Å². The summed E-state index contributed by atoms with van der Waals surface area (Å²) >= 11 is 0. The van der Waals surface area contributed by atoms with Crippen molar-refractivity contribution in [3.63, 3.8) is 0 Å². The van der Waals surface area contributed by atoms with Gasteiger partial charge in [0.1, 0.15) is 5.75 Å². The summed E-state index contributed by atoms with van der Waals surface area (Å²) < 4.78 is 5.44. The number of hydrazone groups is 1. The Morgan fingerprint density at radius 2 is 2.04 bits per heavy atom. The molecular weight excluding hydrogens is 334 g/mol. The normalized spacial score (nSPS) is 11.0. The minimum atomic E-state index is -0.455. The van der Waals surface area contributed by atoms with E-state index in [1.807, 2.05) is 32.0 Å². The summed E-state index contributed by atoms with van der Waals surface area (Å²) in [5.74, 6) is 0.242. The first kappa shape index (κ1) is 18.9. The molecule has 0 atom stereocenters. The van der Waals surface area contributed by atoms with Crippen LogP contribution in [0.1, 0.15) is 16.7 Å². The molecule has 0 fully saturated rings. The van der Waals surface area contributed by atoms with E-state index in [-0.39, 0.29) is 12.3 Å². The molecule has 0 spiro atoms. The molecule has 0 aromatic heterocycles. The van der Waals surface area contributed by atoms with Gasteiger partial charge in [0.05, 0.1) is 10.5 Å². The summed E-state index contributed by atoms with van der Waals surface area (Å²) in [5, 5.41) is 14.6. The summed E-state index contributed by atoms with van der Waals surface area (Å²) in [7, 11) is 0. The number of allylic oxidation sites excluding steroid dienone is 1. The molecule has 1 N–H and O–H groups in total. The average molecular weight is 353 g/mol. The molecule has 26 heavy (non-hydrogen) atoms. The number of nitro benzene ring substituents is 1. The van der Waals surface area contributed by atoms with Gasteiger partial charge in [-0.25, -0.2) is 5.43 Å². The third kappa shape index (κ3) is 5.55. The van der Waals surface area contributed by atoms with Crippen molar-refractivity contribution >= 4 is 23.9 Å². The second-order valence-corrected chi connectivity index (χ2v) is 5.55. The van der Waals surface area contributed by atoms with E-state index in [1.165, 1.54) is 18.4 Å². The third-order valence-corrected chi connectivity index (χ3v) is 3.45. The molecule has 0 saturated heterocycles. The van der Waals surface area contributed by atoms with Crippen LogP contribution in [0.15, 0.2) is 53.6 Å². The predicted molar refractivity (Wildman–Crippen MR) is 100 cm³/mol. The zero-order valence-corrected chi connectivity index (χ0v) is 14.5. The highest BCUT2D eigenvalue weighted by atomic mass is 16.6. The number of hydrogen-bond acceptors (Lipinski definition) is 5. The van der Waals surface area contributed by atoms with Crippen LogP contribution < -0.4 is 10.2 Å². The Labute approximate surface area is 151 Å². The van der Waals surface area contributed by atoms with E-state index >= 15 is 0 Å². The number of hydrogen-bond donors (Lipinski definition) is 1. The second kappa shape index (κ2) is 9.12. The van der Waals surface area contributed by atoms with Crippen LogP contribution in [0.5, 0.6) is 5.75 Å². The van der Waals surface area contributed by atoms with Crippen molar-refractivity contribution in [1.29, 1.82) is 0 Å². The number of aryl methyl sites for hydroxylation is 2. The molecule has 0 radical (unpaired) electrons. The number of ether oxygens (including phenoxy) is 1. The number of rotatable bonds is 7. The van der Waals surface area contributed by atoms with E-state index in [1.54, 1.807) is 24.3 Å². The number of carbonyl (C=O) groups is 1. The Balaban J connectivity index is 1.83. The quantitative estimate of drug-likeness (QED) is 0.469. The fourth-order valence-corrected chi connectivity index (χ4v) is 2.23. The lowest BCUT2D eigenvalue weighted by molar-refractivity contribution is -0.385. The van der Waals surface area contributed by atoms with Crippen molar-refractivity contribution < 1.29 is 14.5 Å². The van der Waals surface area contributed by atoms with Crippen LogP contribution in [0.25, 0.3) is 6.08 Å². The van der Waals surface area contributed by atoms with Gasteiger partial charge in [0, 0.05) is 12.3 Å². The van der Waals surface area contributed by atoms with E-state index in [2.05, 4.69) is 10.5 Å². The van der Waals surface area contributed by atoms with Crippen LogP contribution >= 0.6 is 0 Å². The lowest BCUT2D eigenvalue weighted by Crippen LogP contribution is -2.24. The van der Waals surface area contributed by atoms with Crippen LogP contribution in [-0.2, 0) is 4.79 Å². The number of benzene rings is 2. The molecule has 0 saturated carbocycles. The van der Waals surface area contributed by atoms with Crippen molar-refractivity contribution in [3.05, 3.63) is 75.3 Å². The maximum absolute atomic E-state index is 11.7. The number of para-hydroxylation sites is 1. The van der Waals surface area contributed by atoms with Crippen molar-refractivity contribution in [1.82, 2.24) is 5.43 Å². The van der Waals surface area contributed by atoms with Gasteiger partial charge in [0.2, 0.25) is 0 Å². The van der Waals surface area contributed by atoms with E-state index < -0.39 is 10.8 Å². The number of nitrogens with one attached hydrogen (secondary N) is 1. The highest BCUT2D eigenvalue weighted by Gasteiger charge is 2.08. The van der Waals surface area contributed by atoms with Crippen molar-refractivity contribution in [2.24, 2.45) is 5.10 Å². The maximum Gasteiger partial charge on any atom is 0.277 e. The third-order valence-electron chi connectivity index (χ3n) is 3.45. The van der Waals surface area contributed by atoms with Crippen LogP contribution in [0.2, 0.25) is 0 Å². The van der Waals surface area contributed by atoms with Crippen LogP contribution in [0.3, 0.4) is 0 Å². The fraction of sp³-hybridized carbons (Fsp3) is 0.158. The number of nitro groups is 1. The lowest BCUT2D eigenvalue weighted by atomic mass is 10.1. The largest absolute Gasteiger partial charge is 0.483 e. The van der Waals surface area contributed by atoms with Crippen LogP contribution in [-0.4, -0.2) is 23.7 Å². The van der Waals surface area contributed by atoms with Gasteiger partial charge in [0.25, 0.3) is 11.6 Å². The van der Waals surface area contributed by atoms with Gasteiger partial charge in [0.15, 0.2) is 6.61 Å². The standard InChI is InChI=1S/C19H19N3O4/c1-14-9-10-18(15(2)12-14)26-13-19(23)21-20-11-5-7-16-6-3-4-8-17(16)22(24)25/h3-12H,13H2,1-2H3,(H,21,23). The van der Waals surface area contributed by atoms with Crippen LogP contribution in [0, 0.1) is 24.0 Å². The van der Waals surface area contributed by atoms with E-state index in [0.717, 1.165) is 11.1 Å². The molecule has 1 amide bonds. The maximum atomic E-state index is 11.7. The zero-order chi connectivity index (χ0) is 18.9. The first-order chi connectivity index (χ1) is 12.5. The van der Waals surface area contributed by atoms with Gasteiger partial charge in [-0.1, -0.05) is 29.8 Å². The molecule has 0 aliphatic rings. The Morgan fingerprint density at radius 1 is 1.27 bits per heavy atom. The summed E-state index contributed by atoms with van der Waals surface area (Å²) in [5.41, 5.74) is 4.86. The van der Waals surface area contributed by atoms with Crippen molar-refractivity contribution in [2.75, 3.05) is 6.61 Å². The minimum Gasteiger partial charge on any atom is -0.483 e. The highest BCUT2D eigenvalue weighted by Crippen LogP contribution is 2.19. The van der Waals surface area contributed by atoms with Gasteiger partial charge >= 0.3 is 0 Å². The number of nitrogens with zero attached hydrogens (tertiary/aromatic N) is 2. The van der Waals surface area contributed by atoms with Gasteiger partial charge in [-0.3, -0.25) is 14.9 Å². The van der Waals surface area contributed by atoms with Gasteiger partial charge in [-0.05, 0) is 43.7 Å². The van der Waals surface area contributed by atoms with E-state index in [9.17, 15) is 14.9 Å². The summed E-state index contributed by atoms with van der Waals surface area (Å²) in [6, 6.07) is 12.0. The summed E-state index contributed by atoms with van der Waals surface area (Å²) in [6.45, 7) is 3.73. The van der Waals surface area contributed by atoms with Gasteiger partial charge in [-0.2, -0.15) is 5.10 Å². The first-order valence-corrected chi connectivity index (χ1v) is 7.89. The molecule has 2 aromatic rings. The molecule has 0 heterocycles. The molecule has 2 aromatic carbocycles. The second-order valence-electron chi connectivity index (χ2n) is 5.55. The molecule has 7 heteroatoms. The summed E-state index contributed by atoms with van der Waals surface area (Å²) in [4.78, 5) is 22.2. The molecule has 0 bridgehead atoms. The monoisotopic (exact) mass is 353 g/mol. The van der Waals surface area contributed by atoms with Gasteiger partial charge in [-0.15, -0.1) is 0 Å². The SMILES string of the molecule is Cc1ccc(OCC(=O)NN=CC=Cc2ccccc2[N+](=O)[O-])c(C)c1. The molecule has 0 unspecified atom stereocenters. The highest BCUT2D eigenvalue weighted by molar-refractivity contribution is 5.82. The molecule has 0 aliphatic heterocycles. The zero-order valence-electron chi connectivity index (χ0n) is 14.5. The molecule has 7 nitrogen and oxygen atoms in total. The molecule has 0 aliphatic carbocycles.